The van der Waals surface area contributed by atoms with Crippen LogP contribution in [0.5, 0.6) is 0 Å². The SMILES string of the molecule is CC(C)C(=O)Nc1cccc(NC2CCNC2)c1. The van der Waals surface area contributed by atoms with E-state index in [1.54, 1.807) is 0 Å². The van der Waals surface area contributed by atoms with Crippen molar-refractivity contribution in [1.29, 1.82) is 0 Å². The van der Waals surface area contributed by atoms with Gasteiger partial charge in [0.05, 0.1) is 0 Å². The molecule has 1 aromatic carbocycles. The number of carbonyl (C=O) groups is 1. The van der Waals surface area contributed by atoms with Crippen LogP contribution in [0.25, 0.3) is 0 Å². The van der Waals surface area contributed by atoms with Crippen molar-refractivity contribution in [3.05, 3.63) is 24.3 Å². The highest BCUT2D eigenvalue weighted by Crippen LogP contribution is 2.18. The molecule has 0 bridgehead atoms. The first kappa shape index (κ1) is 12.9. The molecule has 4 heteroatoms. The van der Waals surface area contributed by atoms with E-state index in [9.17, 15) is 4.79 Å². The Labute approximate surface area is 108 Å². The van der Waals surface area contributed by atoms with Crippen molar-refractivity contribution in [1.82, 2.24) is 5.32 Å². The van der Waals surface area contributed by atoms with Crippen LogP contribution in [0.3, 0.4) is 0 Å². The molecule has 0 saturated carbocycles. The third-order valence-electron chi connectivity index (χ3n) is 3.09. The lowest BCUT2D eigenvalue weighted by atomic mass is 10.2. The van der Waals surface area contributed by atoms with Crippen molar-refractivity contribution in [3.8, 4) is 0 Å². The van der Waals surface area contributed by atoms with Crippen LogP contribution in [0.15, 0.2) is 24.3 Å². The summed E-state index contributed by atoms with van der Waals surface area (Å²) in [5, 5.41) is 9.70. The molecule has 1 aromatic rings. The monoisotopic (exact) mass is 247 g/mol. The predicted octanol–water partition coefficient (Wildman–Crippen LogP) is 2.05. The van der Waals surface area contributed by atoms with Gasteiger partial charge in [-0.2, -0.15) is 0 Å². The summed E-state index contributed by atoms with van der Waals surface area (Å²) in [7, 11) is 0. The van der Waals surface area contributed by atoms with Crippen molar-refractivity contribution < 1.29 is 4.79 Å². The summed E-state index contributed by atoms with van der Waals surface area (Å²) >= 11 is 0. The van der Waals surface area contributed by atoms with Gasteiger partial charge >= 0.3 is 0 Å². The normalized spacial score (nSPS) is 18.9. The molecule has 0 spiro atoms. The number of carbonyl (C=O) groups excluding carboxylic acids is 1. The molecule has 1 fully saturated rings. The fraction of sp³-hybridized carbons (Fsp3) is 0.500. The van der Waals surface area contributed by atoms with Gasteiger partial charge in [0, 0.05) is 29.9 Å². The highest BCUT2D eigenvalue weighted by Gasteiger charge is 2.14. The predicted molar refractivity (Wildman–Crippen MR) is 74.8 cm³/mol. The first-order valence-electron chi connectivity index (χ1n) is 6.53. The highest BCUT2D eigenvalue weighted by molar-refractivity contribution is 5.92. The molecular weight excluding hydrogens is 226 g/mol. The fourth-order valence-corrected chi connectivity index (χ4v) is 1.99. The van der Waals surface area contributed by atoms with Gasteiger partial charge in [0.1, 0.15) is 0 Å². The summed E-state index contributed by atoms with van der Waals surface area (Å²) in [6.07, 6.45) is 1.14. The van der Waals surface area contributed by atoms with Crippen molar-refractivity contribution in [2.24, 2.45) is 5.92 Å². The van der Waals surface area contributed by atoms with Crippen LogP contribution in [-0.2, 0) is 4.79 Å². The van der Waals surface area contributed by atoms with Gasteiger partial charge in [-0.1, -0.05) is 19.9 Å². The Balaban J connectivity index is 1.98. The third kappa shape index (κ3) is 3.47. The largest absolute Gasteiger partial charge is 0.381 e. The van der Waals surface area contributed by atoms with E-state index >= 15 is 0 Å². The lowest BCUT2D eigenvalue weighted by molar-refractivity contribution is -0.118. The van der Waals surface area contributed by atoms with Crippen molar-refractivity contribution in [2.45, 2.75) is 26.3 Å². The quantitative estimate of drug-likeness (QED) is 0.763. The number of anilines is 2. The molecule has 1 saturated heterocycles. The molecule has 1 aliphatic heterocycles. The Kier molecular flexibility index (Phi) is 4.20. The second kappa shape index (κ2) is 5.87. The smallest absolute Gasteiger partial charge is 0.226 e. The standard InChI is InChI=1S/C14H21N3O/c1-10(2)14(18)17-12-5-3-4-11(8-12)16-13-6-7-15-9-13/h3-5,8,10,13,15-16H,6-7,9H2,1-2H3,(H,17,18). The lowest BCUT2D eigenvalue weighted by Gasteiger charge is -2.14. The Morgan fingerprint density at radius 2 is 2.17 bits per heavy atom. The molecule has 3 N–H and O–H groups in total. The average Bonchev–Trinajstić information content (AvgIpc) is 2.82. The Hall–Kier alpha value is -1.55. The van der Waals surface area contributed by atoms with Gasteiger partial charge < -0.3 is 16.0 Å². The molecular formula is C14H21N3O. The van der Waals surface area contributed by atoms with Crippen LogP contribution >= 0.6 is 0 Å². The van der Waals surface area contributed by atoms with E-state index in [0.717, 1.165) is 30.9 Å². The Morgan fingerprint density at radius 3 is 2.83 bits per heavy atom. The van der Waals surface area contributed by atoms with Crippen molar-refractivity contribution in [3.63, 3.8) is 0 Å². The topological polar surface area (TPSA) is 53.2 Å². The van der Waals surface area contributed by atoms with Crippen LogP contribution in [0, 0.1) is 5.92 Å². The number of amides is 1. The molecule has 1 unspecified atom stereocenters. The van der Waals surface area contributed by atoms with Gasteiger partial charge in [0.2, 0.25) is 5.91 Å². The van der Waals surface area contributed by atoms with Gasteiger partial charge in [-0.3, -0.25) is 4.79 Å². The molecule has 2 rings (SSSR count). The first-order chi connectivity index (χ1) is 8.65. The number of hydrogen-bond donors (Lipinski definition) is 3. The van der Waals surface area contributed by atoms with Crippen LogP contribution in [0.2, 0.25) is 0 Å². The summed E-state index contributed by atoms with van der Waals surface area (Å²) in [6.45, 7) is 5.85. The molecule has 18 heavy (non-hydrogen) atoms. The Bertz CT molecular complexity index is 411. The van der Waals surface area contributed by atoms with E-state index in [-0.39, 0.29) is 11.8 Å². The molecule has 0 aromatic heterocycles. The maximum atomic E-state index is 11.6. The first-order valence-corrected chi connectivity index (χ1v) is 6.53. The van der Waals surface area contributed by atoms with E-state index in [1.807, 2.05) is 38.1 Å². The Morgan fingerprint density at radius 1 is 1.39 bits per heavy atom. The van der Waals surface area contributed by atoms with Crippen molar-refractivity contribution >= 4 is 17.3 Å². The van der Waals surface area contributed by atoms with E-state index < -0.39 is 0 Å². The highest BCUT2D eigenvalue weighted by atomic mass is 16.1. The zero-order chi connectivity index (χ0) is 13.0. The molecule has 1 amide bonds. The van der Waals surface area contributed by atoms with Gasteiger partial charge in [-0.25, -0.2) is 0 Å². The second-order valence-electron chi connectivity index (χ2n) is 5.06. The number of hydrogen-bond acceptors (Lipinski definition) is 3. The minimum Gasteiger partial charge on any atom is -0.381 e. The third-order valence-corrected chi connectivity index (χ3v) is 3.09. The van der Waals surface area contributed by atoms with Crippen LogP contribution in [0.4, 0.5) is 11.4 Å². The molecule has 0 radical (unpaired) electrons. The number of nitrogens with one attached hydrogen (secondary N) is 3. The van der Waals surface area contributed by atoms with Gasteiger partial charge in [0.25, 0.3) is 0 Å². The zero-order valence-electron chi connectivity index (χ0n) is 11.0. The minimum atomic E-state index is 0.000599. The average molecular weight is 247 g/mol. The van der Waals surface area contributed by atoms with Gasteiger partial charge in [-0.15, -0.1) is 0 Å². The van der Waals surface area contributed by atoms with Gasteiger partial charge in [-0.05, 0) is 31.2 Å². The van der Waals surface area contributed by atoms with E-state index in [4.69, 9.17) is 0 Å². The molecule has 0 aliphatic carbocycles. The molecule has 1 aliphatic rings. The molecule has 1 heterocycles. The second-order valence-corrected chi connectivity index (χ2v) is 5.06. The molecule has 98 valence electrons. The minimum absolute atomic E-state index is 0.000599. The maximum Gasteiger partial charge on any atom is 0.226 e. The lowest BCUT2D eigenvalue weighted by Crippen LogP contribution is -2.22. The fourth-order valence-electron chi connectivity index (χ4n) is 1.99. The zero-order valence-corrected chi connectivity index (χ0v) is 11.0. The van der Waals surface area contributed by atoms with Gasteiger partial charge in [0.15, 0.2) is 0 Å². The van der Waals surface area contributed by atoms with E-state index in [1.165, 1.54) is 0 Å². The van der Waals surface area contributed by atoms with E-state index in [0.29, 0.717) is 6.04 Å². The maximum absolute atomic E-state index is 11.6. The summed E-state index contributed by atoms with van der Waals surface area (Å²) in [5.74, 6) is 0.0512. The number of rotatable bonds is 4. The van der Waals surface area contributed by atoms with Crippen molar-refractivity contribution in [2.75, 3.05) is 23.7 Å². The summed E-state index contributed by atoms with van der Waals surface area (Å²) < 4.78 is 0. The molecule has 4 nitrogen and oxygen atoms in total. The molecule has 1 atom stereocenters. The van der Waals surface area contributed by atoms with E-state index in [2.05, 4.69) is 16.0 Å². The van der Waals surface area contributed by atoms with Crippen LogP contribution in [-0.4, -0.2) is 25.0 Å². The van der Waals surface area contributed by atoms with Crippen LogP contribution in [0.1, 0.15) is 20.3 Å². The summed E-state index contributed by atoms with van der Waals surface area (Å²) in [4.78, 5) is 11.6. The summed E-state index contributed by atoms with van der Waals surface area (Å²) in [5.41, 5.74) is 1.91. The van der Waals surface area contributed by atoms with Crippen LogP contribution < -0.4 is 16.0 Å². The number of benzene rings is 1. The summed E-state index contributed by atoms with van der Waals surface area (Å²) in [6, 6.07) is 8.38.